The first-order valence-corrected chi connectivity index (χ1v) is 9.89. The molecule has 0 bridgehead atoms. The number of nitrogens with one attached hydrogen (secondary N) is 1. The lowest BCUT2D eigenvalue weighted by atomic mass is 10.1. The van der Waals surface area contributed by atoms with E-state index in [0.717, 1.165) is 22.6 Å². The van der Waals surface area contributed by atoms with Crippen LogP contribution in [-0.4, -0.2) is 18.2 Å². The topological polar surface area (TPSA) is 83.7 Å². The molecule has 156 valence electrons. The van der Waals surface area contributed by atoms with Crippen molar-refractivity contribution in [3.8, 4) is 17.6 Å². The van der Waals surface area contributed by atoms with Gasteiger partial charge in [-0.25, -0.2) is 5.43 Å². The molecule has 1 amide bonds. The van der Waals surface area contributed by atoms with Crippen LogP contribution < -0.4 is 14.9 Å². The van der Waals surface area contributed by atoms with E-state index < -0.39 is 0 Å². The van der Waals surface area contributed by atoms with Crippen LogP contribution in [0.5, 0.6) is 11.5 Å². The molecule has 0 saturated carbocycles. The number of amides is 1. The minimum atomic E-state index is -0.299. The molecule has 1 N–H and O–H groups in total. The van der Waals surface area contributed by atoms with Gasteiger partial charge in [-0.3, -0.25) is 4.79 Å². The molecule has 0 aliphatic heterocycles. The van der Waals surface area contributed by atoms with E-state index in [-0.39, 0.29) is 5.91 Å². The second-order valence-electron chi connectivity index (χ2n) is 6.72. The molecule has 3 aromatic rings. The van der Waals surface area contributed by atoms with Crippen molar-refractivity contribution in [2.24, 2.45) is 5.10 Å². The van der Waals surface area contributed by atoms with Gasteiger partial charge >= 0.3 is 0 Å². The van der Waals surface area contributed by atoms with Crippen molar-refractivity contribution >= 4 is 11.6 Å². The third-order valence-corrected chi connectivity index (χ3v) is 4.51. The average Bonchev–Trinajstić information content (AvgIpc) is 2.82. The maximum Gasteiger partial charge on any atom is 0.271 e. The normalized spacial score (nSPS) is 10.8. The zero-order valence-corrected chi connectivity index (χ0v) is 17.5. The summed E-state index contributed by atoms with van der Waals surface area (Å²) in [4.78, 5) is 12.4. The molecule has 6 heteroatoms. The number of benzene rings is 3. The Bertz CT molecular complexity index is 1080. The van der Waals surface area contributed by atoms with E-state index >= 15 is 0 Å². The number of carbonyl (C=O) groups excluding carboxylic acids is 1. The molecule has 0 heterocycles. The molecule has 0 aromatic heterocycles. The van der Waals surface area contributed by atoms with Gasteiger partial charge in [-0.2, -0.15) is 10.4 Å². The van der Waals surface area contributed by atoms with Gasteiger partial charge in [-0.05, 0) is 73.5 Å². The smallest absolute Gasteiger partial charge is 0.271 e. The Balaban J connectivity index is 1.53. The summed E-state index contributed by atoms with van der Waals surface area (Å²) < 4.78 is 11.2. The Labute approximate surface area is 181 Å². The number of rotatable bonds is 8. The molecule has 3 aromatic carbocycles. The fourth-order valence-corrected chi connectivity index (χ4v) is 2.77. The molecule has 0 spiro atoms. The lowest BCUT2D eigenvalue weighted by Crippen LogP contribution is -2.19. The second-order valence-corrected chi connectivity index (χ2v) is 6.72. The summed E-state index contributed by atoms with van der Waals surface area (Å²) in [5.74, 6) is 1.26. The summed E-state index contributed by atoms with van der Waals surface area (Å²) in [6.45, 7) is 4.76. The van der Waals surface area contributed by atoms with E-state index in [0.29, 0.717) is 30.1 Å². The zero-order chi connectivity index (χ0) is 22.1. The van der Waals surface area contributed by atoms with Gasteiger partial charge in [-0.1, -0.05) is 24.3 Å². The highest BCUT2D eigenvalue weighted by Crippen LogP contribution is 2.19. The molecule has 0 atom stereocenters. The standard InChI is InChI=1S/C25H23N3O3/c1-3-30-23-12-14-24(15-13-23)31-17-20-6-10-22(11-7-20)25(29)28-27-18(2)21-8-4-19(16-26)5-9-21/h4-15H,3,17H2,1-2H3,(H,28,29). The zero-order valence-electron chi connectivity index (χ0n) is 17.5. The van der Waals surface area contributed by atoms with Crippen LogP contribution in [0.25, 0.3) is 0 Å². The van der Waals surface area contributed by atoms with E-state index in [4.69, 9.17) is 14.7 Å². The van der Waals surface area contributed by atoms with Gasteiger partial charge in [0.2, 0.25) is 0 Å². The first-order chi connectivity index (χ1) is 15.1. The van der Waals surface area contributed by atoms with Crippen molar-refractivity contribution in [3.63, 3.8) is 0 Å². The Hall–Kier alpha value is -4.11. The Morgan fingerprint density at radius 2 is 1.48 bits per heavy atom. The largest absolute Gasteiger partial charge is 0.494 e. The molecule has 0 fully saturated rings. The minimum Gasteiger partial charge on any atom is -0.494 e. The molecule has 31 heavy (non-hydrogen) atoms. The summed E-state index contributed by atoms with van der Waals surface area (Å²) in [6, 6.07) is 23.7. The summed E-state index contributed by atoms with van der Waals surface area (Å²) in [6.07, 6.45) is 0. The Kier molecular flexibility index (Phi) is 7.39. The molecule has 3 rings (SSSR count). The van der Waals surface area contributed by atoms with Crippen LogP contribution in [0.2, 0.25) is 0 Å². The number of nitrogens with zero attached hydrogens (tertiary/aromatic N) is 2. The lowest BCUT2D eigenvalue weighted by molar-refractivity contribution is 0.0954. The lowest BCUT2D eigenvalue weighted by Gasteiger charge is -2.08. The fraction of sp³-hybridized carbons (Fsp3) is 0.160. The van der Waals surface area contributed by atoms with E-state index in [2.05, 4.69) is 16.6 Å². The first-order valence-electron chi connectivity index (χ1n) is 9.89. The van der Waals surface area contributed by atoms with Crippen molar-refractivity contribution in [3.05, 3.63) is 95.1 Å². The van der Waals surface area contributed by atoms with Gasteiger partial charge in [0, 0.05) is 5.56 Å². The maximum absolute atomic E-state index is 12.4. The molecule has 0 radical (unpaired) electrons. The maximum atomic E-state index is 12.4. The highest BCUT2D eigenvalue weighted by Gasteiger charge is 2.06. The summed E-state index contributed by atoms with van der Waals surface area (Å²) >= 11 is 0. The summed E-state index contributed by atoms with van der Waals surface area (Å²) in [5, 5.41) is 13.0. The summed E-state index contributed by atoms with van der Waals surface area (Å²) in [7, 11) is 0. The molecule has 0 aliphatic rings. The monoisotopic (exact) mass is 413 g/mol. The average molecular weight is 413 g/mol. The van der Waals surface area contributed by atoms with E-state index in [1.54, 1.807) is 43.3 Å². The van der Waals surface area contributed by atoms with Crippen LogP contribution >= 0.6 is 0 Å². The molecule has 6 nitrogen and oxygen atoms in total. The van der Waals surface area contributed by atoms with Crippen LogP contribution in [0.3, 0.4) is 0 Å². The number of hydrogen-bond acceptors (Lipinski definition) is 5. The predicted molar refractivity (Wildman–Crippen MR) is 119 cm³/mol. The Morgan fingerprint density at radius 1 is 0.903 bits per heavy atom. The third kappa shape index (κ3) is 6.18. The van der Waals surface area contributed by atoms with Crippen LogP contribution in [-0.2, 0) is 6.61 Å². The molecule has 0 saturated heterocycles. The molecular weight excluding hydrogens is 390 g/mol. The van der Waals surface area contributed by atoms with Crippen molar-refractivity contribution in [2.75, 3.05) is 6.61 Å². The van der Waals surface area contributed by atoms with Crippen molar-refractivity contribution in [2.45, 2.75) is 20.5 Å². The van der Waals surface area contributed by atoms with Crippen molar-refractivity contribution in [1.82, 2.24) is 5.43 Å². The number of hydrazone groups is 1. The van der Waals surface area contributed by atoms with Gasteiger partial charge in [0.15, 0.2) is 0 Å². The van der Waals surface area contributed by atoms with Gasteiger partial charge in [0.05, 0.1) is 24.0 Å². The Morgan fingerprint density at radius 3 is 2.06 bits per heavy atom. The fourth-order valence-electron chi connectivity index (χ4n) is 2.77. The first kappa shape index (κ1) is 21.6. The number of carbonyl (C=O) groups is 1. The van der Waals surface area contributed by atoms with Crippen LogP contribution in [0.15, 0.2) is 77.9 Å². The third-order valence-electron chi connectivity index (χ3n) is 4.51. The van der Waals surface area contributed by atoms with Gasteiger partial charge in [-0.15, -0.1) is 0 Å². The predicted octanol–water partition coefficient (Wildman–Crippen LogP) is 4.69. The second kappa shape index (κ2) is 10.6. The van der Waals surface area contributed by atoms with E-state index in [9.17, 15) is 4.79 Å². The molecule has 0 unspecified atom stereocenters. The van der Waals surface area contributed by atoms with Crippen LogP contribution in [0.4, 0.5) is 0 Å². The highest BCUT2D eigenvalue weighted by molar-refractivity contribution is 6.00. The summed E-state index contributed by atoms with van der Waals surface area (Å²) in [5.41, 5.74) is 6.07. The van der Waals surface area contributed by atoms with Crippen molar-refractivity contribution < 1.29 is 14.3 Å². The number of hydrogen-bond donors (Lipinski definition) is 1. The van der Waals surface area contributed by atoms with E-state index in [1.807, 2.05) is 43.3 Å². The minimum absolute atomic E-state index is 0.299. The number of nitriles is 1. The van der Waals surface area contributed by atoms with Crippen LogP contribution in [0.1, 0.15) is 40.9 Å². The molecule has 0 aliphatic carbocycles. The SMILES string of the molecule is CCOc1ccc(OCc2ccc(C(=O)NN=C(C)c3ccc(C#N)cc3)cc2)cc1. The quantitative estimate of drug-likeness (QED) is 0.429. The highest BCUT2D eigenvalue weighted by atomic mass is 16.5. The van der Waals surface area contributed by atoms with Gasteiger partial charge < -0.3 is 9.47 Å². The van der Waals surface area contributed by atoms with Gasteiger partial charge in [0.25, 0.3) is 5.91 Å². The van der Waals surface area contributed by atoms with Gasteiger partial charge in [0.1, 0.15) is 18.1 Å². The van der Waals surface area contributed by atoms with E-state index in [1.165, 1.54) is 0 Å². The molecular formula is C25H23N3O3. The number of ether oxygens (including phenoxy) is 2. The van der Waals surface area contributed by atoms with Crippen molar-refractivity contribution in [1.29, 1.82) is 5.26 Å². The van der Waals surface area contributed by atoms with Crippen LogP contribution in [0, 0.1) is 11.3 Å².